The van der Waals surface area contributed by atoms with Crippen LogP contribution in [0.3, 0.4) is 0 Å². The maximum absolute atomic E-state index is 12.6. The number of carbonyl (C=O) groups excluding carboxylic acids is 1. The molecule has 0 radical (unpaired) electrons. The van der Waals surface area contributed by atoms with Crippen LogP contribution in [-0.2, 0) is 4.65 Å². The Morgan fingerprint density at radius 2 is 1.58 bits per heavy atom. The van der Waals surface area contributed by atoms with Gasteiger partial charge < -0.3 is 15.5 Å². The van der Waals surface area contributed by atoms with Gasteiger partial charge in [-0.2, -0.15) is 0 Å². The van der Waals surface area contributed by atoms with E-state index in [2.05, 4.69) is 4.98 Å². The molecule has 0 unspecified atom stereocenters. The van der Waals surface area contributed by atoms with Crippen molar-refractivity contribution in [3.63, 3.8) is 0 Å². The van der Waals surface area contributed by atoms with Crippen molar-refractivity contribution in [1.29, 1.82) is 0 Å². The quantitative estimate of drug-likeness (QED) is 0.673. The molecule has 0 aliphatic carbocycles. The molecule has 3 rings (SSSR count). The van der Waals surface area contributed by atoms with Crippen molar-refractivity contribution in [3.05, 3.63) is 76.4 Å². The van der Waals surface area contributed by atoms with Crippen LogP contribution in [0.15, 0.2) is 60.7 Å². The van der Waals surface area contributed by atoms with Crippen molar-refractivity contribution in [2.75, 3.05) is 5.73 Å². The lowest BCUT2D eigenvalue weighted by atomic mass is 9.55. The molecule has 0 saturated heterocycles. The Morgan fingerprint density at radius 1 is 1.00 bits per heavy atom. The van der Waals surface area contributed by atoms with Crippen LogP contribution in [0.2, 0.25) is 10.0 Å². The van der Waals surface area contributed by atoms with Crippen LogP contribution in [0.4, 0.5) is 5.82 Å². The van der Waals surface area contributed by atoms with Gasteiger partial charge in [-0.3, -0.25) is 0 Å². The second-order valence-electron chi connectivity index (χ2n) is 5.50. The average molecular weight is 387 g/mol. The lowest BCUT2D eigenvalue weighted by Gasteiger charge is -2.16. The third-order valence-corrected chi connectivity index (χ3v) is 4.09. The second-order valence-corrected chi connectivity index (χ2v) is 6.37. The molecule has 1 aromatic heterocycles. The Bertz CT molecular complexity index is 923. The summed E-state index contributed by atoms with van der Waals surface area (Å²) in [5.41, 5.74) is 6.63. The molecule has 0 atom stereocenters. The lowest BCUT2D eigenvalue weighted by molar-refractivity contribution is 0.0729. The molecule has 3 aromatic rings. The molecule has 5 nitrogen and oxygen atoms in total. The first-order valence-electron chi connectivity index (χ1n) is 7.61. The van der Waals surface area contributed by atoms with E-state index in [9.17, 15) is 9.90 Å². The van der Waals surface area contributed by atoms with Crippen LogP contribution >= 0.6 is 23.2 Å². The molecular weight excluding hydrogens is 374 g/mol. The predicted molar refractivity (Wildman–Crippen MR) is 104 cm³/mol. The molecule has 1 heterocycles. The van der Waals surface area contributed by atoms with Crippen LogP contribution in [0.25, 0.3) is 0 Å². The highest BCUT2D eigenvalue weighted by Gasteiger charge is 2.28. The standard InChI is InChI=1S/C18H13BCl2N2O3/c20-13-5-1-3-11(9-13)19(12-4-2-6-14(21)10-12)26-18(25)17-15(24)7-8-16(22)23-17/h1-10,24H,(H2,22,23). The summed E-state index contributed by atoms with van der Waals surface area (Å²) in [4.78, 5) is 16.4. The molecule has 8 heteroatoms. The first-order chi connectivity index (χ1) is 12.4. The summed E-state index contributed by atoms with van der Waals surface area (Å²) in [7, 11) is 0. The number of nitrogens with zero attached hydrogens (tertiary/aromatic N) is 1. The SMILES string of the molecule is Nc1ccc(O)c(C(=O)OB(c2cccc(Cl)c2)c2cccc(Cl)c2)n1. The maximum atomic E-state index is 12.6. The molecule has 0 bridgehead atoms. The zero-order valence-corrected chi connectivity index (χ0v) is 14.9. The lowest BCUT2D eigenvalue weighted by Crippen LogP contribution is -2.46. The molecule has 3 N–H and O–H groups in total. The summed E-state index contributed by atoms with van der Waals surface area (Å²) in [6.07, 6.45) is 0. The summed E-state index contributed by atoms with van der Waals surface area (Å²) in [5.74, 6) is -1.04. The van der Waals surface area contributed by atoms with Gasteiger partial charge in [-0.1, -0.05) is 47.5 Å². The number of benzene rings is 2. The molecule has 130 valence electrons. The third-order valence-electron chi connectivity index (χ3n) is 3.62. The molecule has 2 aromatic carbocycles. The van der Waals surface area contributed by atoms with Gasteiger partial charge in [0.05, 0.1) is 0 Å². The first kappa shape index (κ1) is 18.1. The maximum Gasteiger partial charge on any atom is 0.430 e. The van der Waals surface area contributed by atoms with Gasteiger partial charge in [0.15, 0.2) is 5.69 Å². The van der Waals surface area contributed by atoms with Crippen molar-refractivity contribution in [1.82, 2.24) is 4.98 Å². The zero-order chi connectivity index (χ0) is 18.7. The third kappa shape index (κ3) is 4.10. The van der Waals surface area contributed by atoms with Crippen molar-refractivity contribution < 1.29 is 14.6 Å². The fourth-order valence-electron chi connectivity index (χ4n) is 2.45. The van der Waals surface area contributed by atoms with E-state index >= 15 is 0 Å². The number of anilines is 1. The van der Waals surface area contributed by atoms with Gasteiger partial charge in [0.1, 0.15) is 11.6 Å². The molecule has 0 fully saturated rings. The highest BCUT2D eigenvalue weighted by atomic mass is 35.5. The van der Waals surface area contributed by atoms with Crippen LogP contribution in [0.1, 0.15) is 10.5 Å². The van der Waals surface area contributed by atoms with E-state index < -0.39 is 12.9 Å². The number of pyridine rings is 1. The normalized spacial score (nSPS) is 10.4. The first-order valence-corrected chi connectivity index (χ1v) is 8.37. The minimum Gasteiger partial charge on any atom is -0.521 e. The van der Waals surface area contributed by atoms with Crippen molar-refractivity contribution in [2.45, 2.75) is 0 Å². The van der Waals surface area contributed by atoms with E-state index in [0.717, 1.165) is 0 Å². The van der Waals surface area contributed by atoms with Gasteiger partial charge in [-0.15, -0.1) is 0 Å². The van der Waals surface area contributed by atoms with Crippen LogP contribution in [0, 0.1) is 0 Å². The number of nitrogens with two attached hydrogens (primary N) is 1. The number of hydrogen-bond acceptors (Lipinski definition) is 5. The van der Waals surface area contributed by atoms with Crippen LogP contribution in [0.5, 0.6) is 5.75 Å². The van der Waals surface area contributed by atoms with E-state index in [1.165, 1.54) is 12.1 Å². The van der Waals surface area contributed by atoms with Crippen molar-refractivity contribution in [3.8, 4) is 5.75 Å². The van der Waals surface area contributed by atoms with Crippen LogP contribution in [-0.4, -0.2) is 23.0 Å². The Labute approximate surface area is 160 Å². The molecule has 0 aliphatic heterocycles. The van der Waals surface area contributed by atoms with Crippen LogP contribution < -0.4 is 16.7 Å². The summed E-state index contributed by atoms with van der Waals surface area (Å²) in [6.45, 7) is -0.789. The molecule has 0 amide bonds. The van der Waals surface area contributed by atoms with Gasteiger partial charge >= 0.3 is 12.9 Å². The Hall–Kier alpha value is -2.70. The monoisotopic (exact) mass is 386 g/mol. The Morgan fingerprint density at radius 3 is 2.12 bits per heavy atom. The Kier molecular flexibility index (Phi) is 5.35. The second kappa shape index (κ2) is 7.68. The number of rotatable bonds is 4. The largest absolute Gasteiger partial charge is 0.521 e. The number of carbonyl (C=O) groups is 1. The molecule has 0 spiro atoms. The van der Waals surface area contributed by atoms with E-state index in [4.69, 9.17) is 33.6 Å². The van der Waals surface area contributed by atoms with Gasteiger partial charge in [0, 0.05) is 10.0 Å². The number of nitrogen functional groups attached to an aromatic ring is 1. The predicted octanol–water partition coefficient (Wildman–Crippen LogP) is 2.64. The van der Waals surface area contributed by atoms with E-state index in [-0.39, 0.29) is 17.3 Å². The molecule has 0 saturated carbocycles. The molecule has 0 aliphatic rings. The number of hydrogen-bond donors (Lipinski definition) is 2. The van der Waals surface area contributed by atoms with Gasteiger partial charge in [-0.05, 0) is 47.3 Å². The van der Waals surface area contributed by atoms with Crippen molar-refractivity contribution >= 4 is 52.8 Å². The van der Waals surface area contributed by atoms with Gasteiger partial charge in [0.2, 0.25) is 0 Å². The number of aromatic nitrogens is 1. The number of halogens is 2. The fraction of sp³-hybridized carbons (Fsp3) is 0. The smallest absolute Gasteiger partial charge is 0.430 e. The summed E-state index contributed by atoms with van der Waals surface area (Å²) in [5, 5.41) is 10.9. The average Bonchev–Trinajstić information content (AvgIpc) is 2.61. The highest BCUT2D eigenvalue weighted by molar-refractivity contribution is 6.81. The number of aromatic hydroxyl groups is 1. The topological polar surface area (TPSA) is 85.4 Å². The Balaban J connectivity index is 2.01. The molecular formula is C18H13BCl2N2O3. The van der Waals surface area contributed by atoms with Gasteiger partial charge in [-0.25, -0.2) is 9.78 Å². The highest BCUT2D eigenvalue weighted by Crippen LogP contribution is 2.17. The fourth-order valence-corrected chi connectivity index (χ4v) is 2.85. The van der Waals surface area contributed by atoms with Crippen molar-refractivity contribution in [2.24, 2.45) is 0 Å². The zero-order valence-electron chi connectivity index (χ0n) is 13.4. The van der Waals surface area contributed by atoms with Gasteiger partial charge in [0.25, 0.3) is 0 Å². The minimum atomic E-state index is -0.820. The van der Waals surface area contributed by atoms with E-state index in [1.54, 1.807) is 48.5 Å². The summed E-state index contributed by atoms with van der Waals surface area (Å²) < 4.78 is 5.62. The van der Waals surface area contributed by atoms with E-state index in [0.29, 0.717) is 21.0 Å². The van der Waals surface area contributed by atoms with E-state index in [1.807, 2.05) is 0 Å². The summed E-state index contributed by atoms with van der Waals surface area (Å²) in [6, 6.07) is 16.5. The summed E-state index contributed by atoms with van der Waals surface area (Å²) >= 11 is 12.1. The molecule has 26 heavy (non-hydrogen) atoms. The minimum absolute atomic E-state index is 0.0943.